The van der Waals surface area contributed by atoms with E-state index in [1.807, 2.05) is 18.2 Å². The highest BCUT2D eigenvalue weighted by molar-refractivity contribution is 9.10. The highest BCUT2D eigenvalue weighted by Gasteiger charge is 2.31. The lowest BCUT2D eigenvalue weighted by molar-refractivity contribution is 0.0643. The van der Waals surface area contributed by atoms with Crippen LogP contribution in [0.1, 0.15) is 24.2 Å². The van der Waals surface area contributed by atoms with E-state index in [1.54, 1.807) is 0 Å². The molecule has 1 saturated heterocycles. The standard InChI is InChI=1S/C13H16BrNO2/c1-13(2)9-17-6-5-15(13)12-4-3-10(8-16)7-11(12)14/h3-4,7-8H,5-6,9H2,1-2H3. The van der Waals surface area contributed by atoms with Gasteiger partial charge in [0.25, 0.3) is 0 Å². The van der Waals surface area contributed by atoms with Crippen molar-refractivity contribution in [3.63, 3.8) is 0 Å². The predicted molar refractivity (Wildman–Crippen MR) is 71.8 cm³/mol. The van der Waals surface area contributed by atoms with Crippen molar-refractivity contribution in [3.8, 4) is 0 Å². The molecule has 17 heavy (non-hydrogen) atoms. The van der Waals surface area contributed by atoms with Crippen molar-refractivity contribution in [1.82, 2.24) is 0 Å². The molecule has 0 N–H and O–H groups in total. The minimum absolute atomic E-state index is 0.0243. The van der Waals surface area contributed by atoms with Crippen LogP contribution in [0.5, 0.6) is 0 Å². The van der Waals surface area contributed by atoms with Gasteiger partial charge < -0.3 is 9.64 Å². The van der Waals surface area contributed by atoms with Crippen molar-refractivity contribution in [2.75, 3.05) is 24.7 Å². The second-order valence-electron chi connectivity index (χ2n) is 4.85. The number of carbonyl (C=O) groups excluding carboxylic acids is 1. The number of nitrogens with zero attached hydrogens (tertiary/aromatic N) is 1. The number of ether oxygens (including phenoxy) is 1. The van der Waals surface area contributed by atoms with Crippen molar-refractivity contribution in [2.45, 2.75) is 19.4 Å². The quantitative estimate of drug-likeness (QED) is 0.786. The SMILES string of the molecule is CC1(C)COCCN1c1ccc(C=O)cc1Br. The van der Waals surface area contributed by atoms with E-state index in [2.05, 4.69) is 34.7 Å². The third kappa shape index (κ3) is 2.53. The number of halogens is 1. The summed E-state index contributed by atoms with van der Waals surface area (Å²) in [6.07, 6.45) is 0.860. The maximum Gasteiger partial charge on any atom is 0.150 e. The minimum Gasteiger partial charge on any atom is -0.377 e. The van der Waals surface area contributed by atoms with Gasteiger partial charge in [-0.15, -0.1) is 0 Å². The van der Waals surface area contributed by atoms with Gasteiger partial charge in [-0.1, -0.05) is 0 Å². The first-order chi connectivity index (χ1) is 8.04. The molecule has 1 heterocycles. The van der Waals surface area contributed by atoms with Gasteiger partial charge in [-0.2, -0.15) is 0 Å². The highest BCUT2D eigenvalue weighted by Crippen LogP contribution is 2.33. The summed E-state index contributed by atoms with van der Waals surface area (Å²) in [7, 11) is 0. The summed E-state index contributed by atoms with van der Waals surface area (Å²) in [5.74, 6) is 0. The molecule has 0 aromatic heterocycles. The Bertz CT molecular complexity index is 431. The molecule has 2 rings (SSSR count). The van der Waals surface area contributed by atoms with Crippen LogP contribution in [0.25, 0.3) is 0 Å². The van der Waals surface area contributed by atoms with Gasteiger partial charge in [0.15, 0.2) is 0 Å². The van der Waals surface area contributed by atoms with Gasteiger partial charge in [-0.05, 0) is 48.0 Å². The van der Waals surface area contributed by atoms with Crippen LogP contribution >= 0.6 is 15.9 Å². The first-order valence-electron chi connectivity index (χ1n) is 5.65. The van der Waals surface area contributed by atoms with Gasteiger partial charge in [0, 0.05) is 16.6 Å². The van der Waals surface area contributed by atoms with Crippen LogP contribution < -0.4 is 4.90 Å². The van der Waals surface area contributed by atoms with Crippen molar-refractivity contribution >= 4 is 27.9 Å². The summed E-state index contributed by atoms with van der Waals surface area (Å²) in [5, 5.41) is 0. The Kier molecular flexibility index (Phi) is 3.54. The summed E-state index contributed by atoms with van der Waals surface area (Å²) < 4.78 is 6.46. The molecule has 4 heteroatoms. The maximum atomic E-state index is 10.7. The van der Waals surface area contributed by atoms with Crippen molar-refractivity contribution in [2.24, 2.45) is 0 Å². The Labute approximate surface area is 110 Å². The van der Waals surface area contributed by atoms with Crippen molar-refractivity contribution < 1.29 is 9.53 Å². The number of benzene rings is 1. The zero-order valence-electron chi connectivity index (χ0n) is 10.1. The molecule has 0 amide bonds. The lowest BCUT2D eigenvalue weighted by Crippen LogP contribution is -2.53. The van der Waals surface area contributed by atoms with Crippen LogP contribution in [0.3, 0.4) is 0 Å². The van der Waals surface area contributed by atoms with Gasteiger partial charge in [0.1, 0.15) is 6.29 Å². The molecule has 0 bridgehead atoms. The van der Waals surface area contributed by atoms with Gasteiger partial charge in [0.05, 0.1) is 24.4 Å². The first kappa shape index (κ1) is 12.6. The number of morpholine rings is 1. The monoisotopic (exact) mass is 297 g/mol. The molecule has 1 aliphatic rings. The third-order valence-corrected chi connectivity index (χ3v) is 3.68. The van der Waals surface area contributed by atoms with Crippen LogP contribution in [0, 0.1) is 0 Å². The van der Waals surface area contributed by atoms with E-state index in [-0.39, 0.29) is 5.54 Å². The number of carbonyl (C=O) groups is 1. The fourth-order valence-electron chi connectivity index (χ4n) is 2.12. The summed E-state index contributed by atoms with van der Waals surface area (Å²) in [5.41, 5.74) is 1.78. The van der Waals surface area contributed by atoms with E-state index in [9.17, 15) is 4.79 Å². The number of aldehydes is 1. The minimum atomic E-state index is -0.0243. The molecule has 1 fully saturated rings. The molecule has 1 aromatic rings. The van der Waals surface area contributed by atoms with Crippen molar-refractivity contribution in [1.29, 1.82) is 0 Å². The van der Waals surface area contributed by atoms with E-state index in [4.69, 9.17) is 4.74 Å². The zero-order chi connectivity index (χ0) is 12.5. The lowest BCUT2D eigenvalue weighted by Gasteiger charge is -2.44. The Morgan fingerprint density at radius 2 is 2.24 bits per heavy atom. The number of rotatable bonds is 2. The van der Waals surface area contributed by atoms with E-state index < -0.39 is 0 Å². The molecule has 0 spiro atoms. The molecule has 92 valence electrons. The van der Waals surface area contributed by atoms with Crippen LogP contribution in [-0.4, -0.2) is 31.6 Å². The van der Waals surface area contributed by atoms with Gasteiger partial charge in [0.2, 0.25) is 0 Å². The fourth-order valence-corrected chi connectivity index (χ4v) is 2.73. The van der Waals surface area contributed by atoms with Gasteiger partial charge in [-0.3, -0.25) is 4.79 Å². The molecule has 0 radical (unpaired) electrons. The second kappa shape index (κ2) is 4.78. The summed E-state index contributed by atoms with van der Waals surface area (Å²) in [6.45, 7) is 6.64. The number of hydrogen-bond donors (Lipinski definition) is 0. The molecule has 3 nitrogen and oxygen atoms in total. The van der Waals surface area contributed by atoms with E-state index in [0.717, 1.165) is 36.2 Å². The number of anilines is 1. The first-order valence-corrected chi connectivity index (χ1v) is 6.44. The Morgan fingerprint density at radius 1 is 1.47 bits per heavy atom. The Morgan fingerprint density at radius 3 is 2.82 bits per heavy atom. The molecule has 0 atom stereocenters. The lowest BCUT2D eigenvalue weighted by atomic mass is 10.0. The molecule has 0 saturated carbocycles. The molecular weight excluding hydrogens is 282 g/mol. The summed E-state index contributed by atoms with van der Waals surface area (Å²) >= 11 is 3.53. The maximum absolute atomic E-state index is 10.7. The summed E-state index contributed by atoms with van der Waals surface area (Å²) in [4.78, 5) is 13.0. The largest absolute Gasteiger partial charge is 0.377 e. The highest BCUT2D eigenvalue weighted by atomic mass is 79.9. The average Bonchev–Trinajstić information content (AvgIpc) is 2.29. The summed E-state index contributed by atoms with van der Waals surface area (Å²) in [6, 6.07) is 5.69. The van der Waals surface area contributed by atoms with Crippen molar-refractivity contribution in [3.05, 3.63) is 28.2 Å². The second-order valence-corrected chi connectivity index (χ2v) is 5.70. The smallest absolute Gasteiger partial charge is 0.150 e. The van der Waals surface area contributed by atoms with E-state index in [0.29, 0.717) is 5.56 Å². The molecule has 1 aromatic carbocycles. The van der Waals surface area contributed by atoms with Gasteiger partial charge in [-0.25, -0.2) is 0 Å². The topological polar surface area (TPSA) is 29.5 Å². The Balaban J connectivity index is 2.35. The van der Waals surface area contributed by atoms with E-state index in [1.165, 1.54) is 0 Å². The van der Waals surface area contributed by atoms with Crippen LogP contribution in [0.4, 0.5) is 5.69 Å². The average molecular weight is 298 g/mol. The molecular formula is C13H16BrNO2. The van der Waals surface area contributed by atoms with E-state index >= 15 is 0 Å². The van der Waals surface area contributed by atoms with Gasteiger partial charge >= 0.3 is 0 Å². The Hall–Kier alpha value is -0.870. The normalized spacial score (nSPS) is 19.1. The molecule has 0 unspecified atom stereocenters. The van der Waals surface area contributed by atoms with Crippen LogP contribution in [0.15, 0.2) is 22.7 Å². The zero-order valence-corrected chi connectivity index (χ0v) is 11.7. The number of hydrogen-bond acceptors (Lipinski definition) is 3. The van der Waals surface area contributed by atoms with Crippen LogP contribution in [0.2, 0.25) is 0 Å². The predicted octanol–water partition coefficient (Wildman–Crippen LogP) is 2.88. The fraction of sp³-hybridized carbons (Fsp3) is 0.462. The molecule has 0 aliphatic carbocycles. The molecule has 1 aliphatic heterocycles. The van der Waals surface area contributed by atoms with Crippen LogP contribution in [-0.2, 0) is 4.74 Å². The third-order valence-electron chi connectivity index (χ3n) is 3.04.